The largest absolute Gasteiger partial charge is 0.493 e. The van der Waals surface area contributed by atoms with E-state index in [1.165, 1.54) is 7.11 Å². The third kappa shape index (κ3) is 3.17. The Morgan fingerprint density at radius 3 is 2.86 bits per heavy atom. The zero-order chi connectivity index (χ0) is 15.5. The SMILES string of the molecule is CCC[C@](C)(NC(=O)c1ccc2c(c1)CCO2)C(=O)OC. The molecule has 0 unspecified atom stereocenters. The Balaban J connectivity index is 2.17. The van der Waals surface area contributed by atoms with Gasteiger partial charge in [-0.15, -0.1) is 0 Å². The fourth-order valence-electron chi connectivity index (χ4n) is 2.59. The first-order chi connectivity index (χ1) is 10.00. The normalized spacial score (nSPS) is 15.6. The van der Waals surface area contributed by atoms with Gasteiger partial charge in [-0.1, -0.05) is 13.3 Å². The summed E-state index contributed by atoms with van der Waals surface area (Å²) in [6.45, 7) is 4.30. The van der Waals surface area contributed by atoms with Gasteiger partial charge >= 0.3 is 5.97 Å². The minimum Gasteiger partial charge on any atom is -0.493 e. The summed E-state index contributed by atoms with van der Waals surface area (Å²) in [4.78, 5) is 24.3. The Bertz CT molecular complexity index is 555. The van der Waals surface area contributed by atoms with Crippen molar-refractivity contribution in [3.8, 4) is 5.75 Å². The second kappa shape index (κ2) is 6.16. The fourth-order valence-corrected chi connectivity index (χ4v) is 2.59. The Morgan fingerprint density at radius 2 is 2.19 bits per heavy atom. The first kappa shape index (κ1) is 15.4. The highest BCUT2D eigenvalue weighted by Crippen LogP contribution is 2.26. The van der Waals surface area contributed by atoms with Gasteiger partial charge in [0.2, 0.25) is 0 Å². The van der Waals surface area contributed by atoms with Gasteiger partial charge in [-0.05, 0) is 37.1 Å². The van der Waals surface area contributed by atoms with E-state index < -0.39 is 11.5 Å². The van der Waals surface area contributed by atoms with Gasteiger partial charge in [0.05, 0.1) is 13.7 Å². The Labute approximate surface area is 124 Å². The monoisotopic (exact) mass is 291 g/mol. The van der Waals surface area contributed by atoms with Gasteiger partial charge in [0.1, 0.15) is 11.3 Å². The van der Waals surface area contributed by atoms with E-state index in [1.807, 2.05) is 13.0 Å². The average molecular weight is 291 g/mol. The van der Waals surface area contributed by atoms with E-state index in [0.717, 1.165) is 24.2 Å². The van der Waals surface area contributed by atoms with Crippen molar-refractivity contribution in [2.45, 2.75) is 38.6 Å². The molecule has 21 heavy (non-hydrogen) atoms. The number of benzene rings is 1. The summed E-state index contributed by atoms with van der Waals surface area (Å²) in [6, 6.07) is 5.33. The maximum atomic E-state index is 12.4. The smallest absolute Gasteiger partial charge is 0.331 e. The average Bonchev–Trinajstić information content (AvgIpc) is 2.93. The zero-order valence-electron chi connectivity index (χ0n) is 12.7. The summed E-state index contributed by atoms with van der Waals surface area (Å²) in [6.07, 6.45) is 2.10. The number of fused-ring (bicyclic) bond motifs is 1. The highest BCUT2D eigenvalue weighted by atomic mass is 16.5. The predicted octanol–water partition coefficient (Wildman–Crippen LogP) is 2.08. The van der Waals surface area contributed by atoms with Crippen LogP contribution in [0.4, 0.5) is 0 Å². The standard InChI is InChI=1S/C16H21NO4/c1-4-8-16(2,15(19)20-3)17-14(18)12-5-6-13-11(10-12)7-9-21-13/h5-6,10H,4,7-9H2,1-3H3,(H,17,18)/t16-/m0/s1. The number of carbonyl (C=O) groups excluding carboxylic acids is 2. The molecule has 114 valence electrons. The van der Waals surface area contributed by atoms with E-state index in [9.17, 15) is 9.59 Å². The Hall–Kier alpha value is -2.04. The van der Waals surface area contributed by atoms with E-state index in [2.05, 4.69) is 5.32 Å². The van der Waals surface area contributed by atoms with E-state index in [4.69, 9.17) is 9.47 Å². The number of esters is 1. The van der Waals surface area contributed by atoms with Crippen LogP contribution in [0.1, 0.15) is 42.6 Å². The Morgan fingerprint density at radius 1 is 1.43 bits per heavy atom. The molecule has 1 aromatic rings. The number of hydrogen-bond acceptors (Lipinski definition) is 4. The van der Waals surface area contributed by atoms with Crippen LogP contribution in [0, 0.1) is 0 Å². The maximum Gasteiger partial charge on any atom is 0.331 e. The van der Waals surface area contributed by atoms with Crippen LogP contribution in [-0.4, -0.2) is 31.1 Å². The molecule has 2 rings (SSSR count). The lowest BCUT2D eigenvalue weighted by Crippen LogP contribution is -2.52. The lowest BCUT2D eigenvalue weighted by atomic mass is 9.95. The molecule has 0 radical (unpaired) electrons. The topological polar surface area (TPSA) is 64.6 Å². The number of carbonyl (C=O) groups is 2. The molecule has 1 aromatic carbocycles. The number of amides is 1. The van der Waals surface area contributed by atoms with Crippen molar-refractivity contribution in [2.24, 2.45) is 0 Å². The van der Waals surface area contributed by atoms with Crippen LogP contribution in [0.25, 0.3) is 0 Å². The molecule has 5 nitrogen and oxygen atoms in total. The molecule has 5 heteroatoms. The molecule has 1 atom stereocenters. The molecule has 1 amide bonds. The van der Waals surface area contributed by atoms with Gasteiger partial charge in [0.25, 0.3) is 5.91 Å². The Kier molecular flexibility index (Phi) is 4.50. The van der Waals surface area contributed by atoms with Crippen LogP contribution in [-0.2, 0) is 16.0 Å². The van der Waals surface area contributed by atoms with E-state index >= 15 is 0 Å². The minimum atomic E-state index is -1.00. The quantitative estimate of drug-likeness (QED) is 0.844. The predicted molar refractivity (Wildman–Crippen MR) is 78.4 cm³/mol. The van der Waals surface area contributed by atoms with Crippen molar-refractivity contribution in [2.75, 3.05) is 13.7 Å². The summed E-state index contributed by atoms with van der Waals surface area (Å²) in [7, 11) is 1.33. The maximum absolute atomic E-state index is 12.4. The highest BCUT2D eigenvalue weighted by Gasteiger charge is 2.35. The third-order valence-electron chi connectivity index (χ3n) is 3.73. The summed E-state index contributed by atoms with van der Waals surface area (Å²) >= 11 is 0. The molecular weight excluding hydrogens is 270 g/mol. The molecule has 1 aliphatic heterocycles. The van der Waals surface area contributed by atoms with Gasteiger partial charge in [-0.2, -0.15) is 0 Å². The van der Waals surface area contributed by atoms with Crippen molar-refractivity contribution >= 4 is 11.9 Å². The van der Waals surface area contributed by atoms with Crippen LogP contribution in [0.3, 0.4) is 0 Å². The summed E-state index contributed by atoms with van der Waals surface area (Å²) < 4.78 is 10.2. The van der Waals surface area contributed by atoms with Crippen molar-refractivity contribution in [1.29, 1.82) is 0 Å². The molecule has 0 saturated heterocycles. The van der Waals surface area contributed by atoms with Crippen molar-refractivity contribution in [3.63, 3.8) is 0 Å². The number of ether oxygens (including phenoxy) is 2. The van der Waals surface area contributed by atoms with Crippen molar-refractivity contribution < 1.29 is 19.1 Å². The molecule has 0 fully saturated rings. The van der Waals surface area contributed by atoms with Crippen molar-refractivity contribution in [1.82, 2.24) is 5.32 Å². The molecule has 1 aliphatic rings. The molecule has 1 N–H and O–H groups in total. The first-order valence-corrected chi connectivity index (χ1v) is 7.17. The molecular formula is C16H21NO4. The van der Waals surface area contributed by atoms with E-state index in [1.54, 1.807) is 19.1 Å². The summed E-state index contributed by atoms with van der Waals surface area (Å²) in [5, 5.41) is 2.80. The van der Waals surface area contributed by atoms with Crippen molar-refractivity contribution in [3.05, 3.63) is 29.3 Å². The van der Waals surface area contributed by atoms with Crippen LogP contribution < -0.4 is 10.1 Å². The van der Waals surface area contributed by atoms with Gasteiger partial charge in [-0.25, -0.2) is 4.79 Å². The molecule has 0 saturated carbocycles. The lowest BCUT2D eigenvalue weighted by molar-refractivity contribution is -0.147. The van der Waals surface area contributed by atoms with Crippen LogP contribution >= 0.6 is 0 Å². The summed E-state index contributed by atoms with van der Waals surface area (Å²) in [5.41, 5.74) is 0.555. The third-order valence-corrected chi connectivity index (χ3v) is 3.73. The number of rotatable bonds is 5. The van der Waals surface area contributed by atoms with E-state index in [0.29, 0.717) is 18.6 Å². The molecule has 1 heterocycles. The van der Waals surface area contributed by atoms with Crippen LogP contribution in [0.5, 0.6) is 5.75 Å². The second-order valence-electron chi connectivity index (χ2n) is 5.45. The number of hydrogen-bond donors (Lipinski definition) is 1. The summed E-state index contributed by atoms with van der Waals surface area (Å²) in [5.74, 6) is 0.129. The lowest BCUT2D eigenvalue weighted by Gasteiger charge is -2.27. The molecule has 0 bridgehead atoms. The van der Waals surface area contributed by atoms with Gasteiger partial charge in [0.15, 0.2) is 0 Å². The minimum absolute atomic E-state index is 0.272. The van der Waals surface area contributed by atoms with Gasteiger partial charge < -0.3 is 14.8 Å². The van der Waals surface area contributed by atoms with Gasteiger partial charge in [0, 0.05) is 12.0 Å². The zero-order valence-corrected chi connectivity index (χ0v) is 12.7. The van der Waals surface area contributed by atoms with Gasteiger partial charge in [-0.3, -0.25) is 4.79 Å². The first-order valence-electron chi connectivity index (χ1n) is 7.17. The molecule has 0 spiro atoms. The molecule has 0 aromatic heterocycles. The van der Waals surface area contributed by atoms with Crippen LogP contribution in [0.2, 0.25) is 0 Å². The van der Waals surface area contributed by atoms with E-state index in [-0.39, 0.29) is 5.91 Å². The number of methoxy groups -OCH3 is 1. The molecule has 0 aliphatic carbocycles. The number of nitrogens with one attached hydrogen (secondary N) is 1. The fraction of sp³-hybridized carbons (Fsp3) is 0.500. The second-order valence-corrected chi connectivity index (χ2v) is 5.45. The van der Waals surface area contributed by atoms with Crippen LogP contribution in [0.15, 0.2) is 18.2 Å². The highest BCUT2D eigenvalue weighted by molar-refractivity contribution is 5.98.